The summed E-state index contributed by atoms with van der Waals surface area (Å²) in [5.74, 6) is 0.729. The van der Waals surface area contributed by atoms with E-state index < -0.39 is 0 Å². The maximum Gasteiger partial charge on any atom is 0.223 e. The van der Waals surface area contributed by atoms with E-state index in [0.29, 0.717) is 12.4 Å². The third kappa shape index (κ3) is 2.06. The molecular formula is C7H12N4O. The molecular weight excluding hydrogens is 156 g/mol. The van der Waals surface area contributed by atoms with Crippen LogP contribution in [0.15, 0.2) is 6.07 Å². The topological polar surface area (TPSA) is 73.1 Å². The highest BCUT2D eigenvalue weighted by Crippen LogP contribution is 2.09. The van der Waals surface area contributed by atoms with Crippen molar-refractivity contribution >= 4 is 5.95 Å². The van der Waals surface area contributed by atoms with E-state index in [2.05, 4.69) is 15.3 Å². The molecule has 1 rings (SSSR count). The van der Waals surface area contributed by atoms with Crippen molar-refractivity contribution in [2.75, 3.05) is 19.9 Å². The van der Waals surface area contributed by atoms with E-state index >= 15 is 0 Å². The van der Waals surface area contributed by atoms with Gasteiger partial charge in [0, 0.05) is 12.6 Å². The summed E-state index contributed by atoms with van der Waals surface area (Å²) in [6, 6.07) is 1.74. The minimum atomic E-state index is 0.236. The van der Waals surface area contributed by atoms with Gasteiger partial charge in [0.2, 0.25) is 11.8 Å². The fourth-order valence-electron chi connectivity index (χ4n) is 0.868. The first-order valence-electron chi connectivity index (χ1n) is 3.58. The van der Waals surface area contributed by atoms with Crippen LogP contribution in [0.1, 0.15) is 5.69 Å². The van der Waals surface area contributed by atoms with Gasteiger partial charge in [-0.25, -0.2) is 4.98 Å². The maximum atomic E-state index is 5.44. The summed E-state index contributed by atoms with van der Waals surface area (Å²) in [6.07, 6.45) is 0. The molecule has 0 radical (unpaired) electrons. The standard InChI is InChI=1S/C7H12N4O/c1-9-4-5-3-6(12-2)11-7(8)10-5/h3,9H,4H2,1-2H3,(H2,8,10,11). The van der Waals surface area contributed by atoms with E-state index in [4.69, 9.17) is 10.5 Å². The Kier molecular flexibility index (Phi) is 2.82. The molecule has 0 bridgehead atoms. The molecule has 1 heterocycles. The lowest BCUT2D eigenvalue weighted by molar-refractivity contribution is 0.396. The molecule has 0 spiro atoms. The quantitative estimate of drug-likeness (QED) is 0.653. The Bertz CT molecular complexity index is 264. The Balaban J connectivity index is 2.90. The molecule has 12 heavy (non-hydrogen) atoms. The Morgan fingerprint density at radius 1 is 1.58 bits per heavy atom. The van der Waals surface area contributed by atoms with E-state index in [1.165, 1.54) is 0 Å². The van der Waals surface area contributed by atoms with Gasteiger partial charge in [-0.15, -0.1) is 0 Å². The fraction of sp³-hybridized carbons (Fsp3) is 0.429. The highest BCUT2D eigenvalue weighted by atomic mass is 16.5. The van der Waals surface area contributed by atoms with Crippen LogP contribution in [0.2, 0.25) is 0 Å². The number of nitrogens with one attached hydrogen (secondary N) is 1. The normalized spacial score (nSPS) is 9.83. The molecule has 0 aromatic carbocycles. The first-order chi connectivity index (χ1) is 5.76. The molecule has 0 aliphatic carbocycles. The van der Waals surface area contributed by atoms with Crippen LogP contribution >= 0.6 is 0 Å². The summed E-state index contributed by atoms with van der Waals surface area (Å²) in [6.45, 7) is 0.656. The minimum absolute atomic E-state index is 0.236. The van der Waals surface area contributed by atoms with Gasteiger partial charge >= 0.3 is 0 Å². The van der Waals surface area contributed by atoms with E-state index in [1.54, 1.807) is 13.2 Å². The molecule has 0 unspecified atom stereocenters. The second-order valence-corrected chi connectivity index (χ2v) is 2.29. The third-order valence-corrected chi connectivity index (χ3v) is 1.34. The molecule has 1 aromatic heterocycles. The highest BCUT2D eigenvalue weighted by Gasteiger charge is 2.00. The Hall–Kier alpha value is -1.36. The molecule has 0 fully saturated rings. The lowest BCUT2D eigenvalue weighted by Crippen LogP contribution is -2.09. The van der Waals surface area contributed by atoms with Gasteiger partial charge in [-0.3, -0.25) is 0 Å². The van der Waals surface area contributed by atoms with Crippen LogP contribution < -0.4 is 15.8 Å². The first-order valence-corrected chi connectivity index (χ1v) is 3.58. The van der Waals surface area contributed by atoms with Gasteiger partial charge in [0.05, 0.1) is 12.8 Å². The van der Waals surface area contributed by atoms with E-state index in [-0.39, 0.29) is 5.95 Å². The number of nitrogen functional groups attached to an aromatic ring is 1. The SMILES string of the molecule is CNCc1cc(OC)nc(N)n1. The fourth-order valence-corrected chi connectivity index (χ4v) is 0.868. The molecule has 0 saturated carbocycles. The predicted molar refractivity (Wildman–Crippen MR) is 45.8 cm³/mol. The van der Waals surface area contributed by atoms with Gasteiger partial charge < -0.3 is 15.8 Å². The number of hydrogen-bond donors (Lipinski definition) is 2. The maximum absolute atomic E-state index is 5.44. The van der Waals surface area contributed by atoms with Crippen LogP contribution in [0.5, 0.6) is 5.88 Å². The number of methoxy groups -OCH3 is 1. The molecule has 0 atom stereocenters. The summed E-state index contributed by atoms with van der Waals surface area (Å²) in [7, 11) is 3.38. The lowest BCUT2D eigenvalue weighted by Gasteiger charge is -2.03. The summed E-state index contributed by atoms with van der Waals surface area (Å²) >= 11 is 0. The van der Waals surface area contributed by atoms with Crippen LogP contribution in [-0.4, -0.2) is 24.1 Å². The van der Waals surface area contributed by atoms with Crippen molar-refractivity contribution in [3.8, 4) is 5.88 Å². The number of hydrogen-bond acceptors (Lipinski definition) is 5. The number of anilines is 1. The number of nitrogens with two attached hydrogens (primary N) is 1. The van der Waals surface area contributed by atoms with Gasteiger partial charge in [0.15, 0.2) is 0 Å². The number of ether oxygens (including phenoxy) is 1. The van der Waals surface area contributed by atoms with Crippen molar-refractivity contribution in [1.82, 2.24) is 15.3 Å². The zero-order valence-corrected chi connectivity index (χ0v) is 7.16. The third-order valence-electron chi connectivity index (χ3n) is 1.34. The Morgan fingerprint density at radius 2 is 2.33 bits per heavy atom. The Labute approximate surface area is 71.0 Å². The molecule has 0 amide bonds. The molecule has 0 aliphatic rings. The molecule has 1 aromatic rings. The lowest BCUT2D eigenvalue weighted by atomic mass is 10.4. The van der Waals surface area contributed by atoms with Crippen molar-refractivity contribution in [1.29, 1.82) is 0 Å². The number of nitrogens with zero attached hydrogens (tertiary/aromatic N) is 2. The van der Waals surface area contributed by atoms with Gasteiger partial charge in [-0.05, 0) is 7.05 Å². The van der Waals surface area contributed by atoms with Crippen molar-refractivity contribution in [2.45, 2.75) is 6.54 Å². The van der Waals surface area contributed by atoms with Crippen LogP contribution in [0, 0.1) is 0 Å². The second kappa shape index (κ2) is 3.87. The van der Waals surface area contributed by atoms with Gasteiger partial charge in [0.1, 0.15) is 0 Å². The van der Waals surface area contributed by atoms with Crippen LogP contribution in [-0.2, 0) is 6.54 Å². The van der Waals surface area contributed by atoms with Crippen LogP contribution in [0.4, 0.5) is 5.95 Å². The predicted octanol–water partition coefficient (Wildman–Crippen LogP) is -0.213. The zero-order valence-electron chi connectivity index (χ0n) is 7.16. The second-order valence-electron chi connectivity index (χ2n) is 2.29. The average Bonchev–Trinajstić information content (AvgIpc) is 2.04. The molecule has 3 N–H and O–H groups in total. The first kappa shape index (κ1) is 8.73. The molecule has 66 valence electrons. The molecule has 5 heteroatoms. The highest BCUT2D eigenvalue weighted by molar-refractivity contribution is 5.25. The average molecular weight is 168 g/mol. The van der Waals surface area contributed by atoms with Crippen molar-refractivity contribution in [3.05, 3.63) is 11.8 Å². The zero-order chi connectivity index (χ0) is 8.97. The monoisotopic (exact) mass is 168 g/mol. The van der Waals surface area contributed by atoms with Gasteiger partial charge in [-0.2, -0.15) is 4.98 Å². The van der Waals surface area contributed by atoms with Crippen molar-refractivity contribution in [2.24, 2.45) is 0 Å². The van der Waals surface area contributed by atoms with E-state index in [9.17, 15) is 0 Å². The largest absolute Gasteiger partial charge is 0.481 e. The summed E-state index contributed by atoms with van der Waals surface area (Å²) < 4.78 is 4.92. The summed E-state index contributed by atoms with van der Waals surface area (Å²) in [5.41, 5.74) is 6.26. The minimum Gasteiger partial charge on any atom is -0.481 e. The van der Waals surface area contributed by atoms with Crippen molar-refractivity contribution < 1.29 is 4.74 Å². The number of aromatic nitrogens is 2. The molecule has 0 aliphatic heterocycles. The molecule has 5 nitrogen and oxygen atoms in total. The summed E-state index contributed by atoms with van der Waals surface area (Å²) in [5, 5.41) is 2.96. The Morgan fingerprint density at radius 3 is 2.92 bits per heavy atom. The molecule has 0 saturated heterocycles. The van der Waals surface area contributed by atoms with Crippen molar-refractivity contribution in [3.63, 3.8) is 0 Å². The van der Waals surface area contributed by atoms with Gasteiger partial charge in [-0.1, -0.05) is 0 Å². The smallest absolute Gasteiger partial charge is 0.223 e. The van der Waals surface area contributed by atoms with Crippen LogP contribution in [0.3, 0.4) is 0 Å². The summed E-state index contributed by atoms with van der Waals surface area (Å²) in [4.78, 5) is 7.85. The van der Waals surface area contributed by atoms with E-state index in [1.807, 2.05) is 7.05 Å². The number of rotatable bonds is 3. The van der Waals surface area contributed by atoms with E-state index in [0.717, 1.165) is 5.69 Å². The van der Waals surface area contributed by atoms with Crippen LogP contribution in [0.25, 0.3) is 0 Å². The van der Waals surface area contributed by atoms with Gasteiger partial charge in [0.25, 0.3) is 0 Å².